The summed E-state index contributed by atoms with van der Waals surface area (Å²) in [5, 5.41) is 0. The summed E-state index contributed by atoms with van der Waals surface area (Å²) in [6.45, 7) is 18.1. The highest BCUT2D eigenvalue weighted by Crippen LogP contribution is 2.20. The first-order valence-electron chi connectivity index (χ1n) is 9.87. The Kier molecular flexibility index (Phi) is 13.6. The van der Waals surface area contributed by atoms with Crippen molar-refractivity contribution in [2.75, 3.05) is 19.6 Å². The van der Waals surface area contributed by atoms with E-state index >= 15 is 0 Å². The molecule has 0 aromatic carbocycles. The van der Waals surface area contributed by atoms with Crippen LogP contribution < -0.4 is 0 Å². The van der Waals surface area contributed by atoms with E-state index < -0.39 is 0 Å². The van der Waals surface area contributed by atoms with Crippen LogP contribution in [-0.4, -0.2) is 24.5 Å². The summed E-state index contributed by atoms with van der Waals surface area (Å²) in [5.41, 5.74) is 0. The monoisotopic (exact) mass is 297 g/mol. The maximum absolute atomic E-state index is 2.82. The van der Waals surface area contributed by atoms with Crippen LogP contribution in [0.3, 0.4) is 0 Å². The summed E-state index contributed by atoms with van der Waals surface area (Å²) in [6.07, 6.45) is 10.9. The summed E-state index contributed by atoms with van der Waals surface area (Å²) < 4.78 is 0. The number of hydrogen-bond acceptors (Lipinski definition) is 1. The first kappa shape index (κ1) is 21.0. The molecular weight excluding hydrogens is 254 g/mol. The number of nitrogens with zero attached hydrogens (tertiary/aromatic N) is 1. The average molecular weight is 298 g/mol. The van der Waals surface area contributed by atoms with Gasteiger partial charge in [0.25, 0.3) is 0 Å². The van der Waals surface area contributed by atoms with Crippen molar-refractivity contribution in [1.82, 2.24) is 4.90 Å². The van der Waals surface area contributed by atoms with Gasteiger partial charge in [0.1, 0.15) is 0 Å². The van der Waals surface area contributed by atoms with E-state index in [-0.39, 0.29) is 0 Å². The molecule has 0 heterocycles. The summed E-state index contributed by atoms with van der Waals surface area (Å²) in [5.74, 6) is 2.69. The van der Waals surface area contributed by atoms with E-state index in [1.165, 1.54) is 71.0 Å². The van der Waals surface area contributed by atoms with E-state index in [0.717, 1.165) is 17.8 Å². The highest BCUT2D eigenvalue weighted by atomic mass is 15.1. The predicted molar refractivity (Wildman–Crippen MR) is 97.9 cm³/mol. The summed E-state index contributed by atoms with van der Waals surface area (Å²) in [4.78, 5) is 2.82. The molecule has 0 fully saturated rings. The molecule has 0 bridgehead atoms. The minimum atomic E-state index is 0.892. The van der Waals surface area contributed by atoms with Gasteiger partial charge >= 0.3 is 0 Å². The molecule has 0 aromatic rings. The lowest BCUT2D eigenvalue weighted by Gasteiger charge is -2.32. The molecule has 21 heavy (non-hydrogen) atoms. The molecule has 0 N–H and O–H groups in total. The van der Waals surface area contributed by atoms with E-state index in [4.69, 9.17) is 0 Å². The molecule has 0 rings (SSSR count). The zero-order valence-electron chi connectivity index (χ0n) is 16.0. The Bertz CT molecular complexity index is 192. The van der Waals surface area contributed by atoms with Gasteiger partial charge in [0, 0.05) is 19.6 Å². The lowest BCUT2D eigenvalue weighted by Crippen LogP contribution is -2.37. The molecule has 1 atom stereocenters. The lowest BCUT2D eigenvalue weighted by molar-refractivity contribution is 0.156. The molecule has 1 unspecified atom stereocenters. The van der Waals surface area contributed by atoms with Crippen LogP contribution in [0.4, 0.5) is 0 Å². The minimum absolute atomic E-state index is 0.892. The zero-order valence-corrected chi connectivity index (χ0v) is 16.0. The van der Waals surface area contributed by atoms with E-state index in [2.05, 4.69) is 46.4 Å². The molecule has 0 radical (unpaired) electrons. The van der Waals surface area contributed by atoms with Crippen LogP contribution in [0.1, 0.15) is 92.9 Å². The largest absolute Gasteiger partial charge is 0.303 e. The topological polar surface area (TPSA) is 3.24 Å². The maximum Gasteiger partial charge on any atom is 0.000979 e. The molecule has 0 aromatic heterocycles. The van der Waals surface area contributed by atoms with Gasteiger partial charge in [0.15, 0.2) is 0 Å². The Morgan fingerprint density at radius 2 is 0.952 bits per heavy atom. The van der Waals surface area contributed by atoms with Crippen LogP contribution >= 0.6 is 0 Å². The summed E-state index contributed by atoms with van der Waals surface area (Å²) >= 11 is 0. The van der Waals surface area contributed by atoms with Crippen molar-refractivity contribution >= 4 is 0 Å². The van der Waals surface area contributed by atoms with Crippen molar-refractivity contribution < 1.29 is 0 Å². The van der Waals surface area contributed by atoms with Crippen LogP contribution in [-0.2, 0) is 0 Å². The number of hydrogen-bond donors (Lipinski definition) is 0. The molecule has 1 heteroatoms. The van der Waals surface area contributed by atoms with Gasteiger partial charge in [-0.1, -0.05) is 86.5 Å². The highest BCUT2D eigenvalue weighted by molar-refractivity contribution is 4.72. The number of unbranched alkanes of at least 4 members (excludes halogenated alkanes) is 1. The van der Waals surface area contributed by atoms with Crippen LogP contribution in [0.5, 0.6) is 0 Å². The fraction of sp³-hybridized carbons (Fsp3) is 1.00. The van der Waals surface area contributed by atoms with Crippen molar-refractivity contribution in [2.45, 2.75) is 92.9 Å². The molecule has 128 valence electrons. The normalized spacial score (nSPS) is 13.6. The SMILES string of the molecule is CCCCC(CC)CN(CC(CC)CC)CC(CC)CC. The van der Waals surface area contributed by atoms with Crippen LogP contribution in [0.2, 0.25) is 0 Å². The average Bonchev–Trinajstić information content (AvgIpc) is 2.53. The second-order valence-electron chi connectivity index (χ2n) is 7.00. The third-order valence-electron chi connectivity index (χ3n) is 5.40. The molecule has 0 aliphatic carbocycles. The predicted octanol–water partition coefficient (Wildman–Crippen LogP) is 6.38. The Morgan fingerprint density at radius 1 is 0.571 bits per heavy atom. The Hall–Kier alpha value is -0.0400. The molecule has 0 aliphatic heterocycles. The standard InChI is InChI=1S/C20H43N/c1-7-13-14-20(12-6)17-21(15-18(8-2)9-3)16-19(10-4)11-5/h18-20H,7-17H2,1-6H3. The summed E-state index contributed by atoms with van der Waals surface area (Å²) in [7, 11) is 0. The Morgan fingerprint density at radius 3 is 1.29 bits per heavy atom. The molecule has 0 saturated carbocycles. The molecule has 1 nitrogen and oxygen atoms in total. The van der Waals surface area contributed by atoms with E-state index in [9.17, 15) is 0 Å². The van der Waals surface area contributed by atoms with Crippen molar-refractivity contribution in [3.63, 3.8) is 0 Å². The van der Waals surface area contributed by atoms with Crippen molar-refractivity contribution in [3.05, 3.63) is 0 Å². The summed E-state index contributed by atoms with van der Waals surface area (Å²) in [6, 6.07) is 0. The third kappa shape index (κ3) is 9.55. The fourth-order valence-electron chi connectivity index (χ4n) is 3.33. The third-order valence-corrected chi connectivity index (χ3v) is 5.40. The Balaban J connectivity index is 4.59. The zero-order chi connectivity index (χ0) is 16.1. The van der Waals surface area contributed by atoms with E-state index in [1.54, 1.807) is 0 Å². The van der Waals surface area contributed by atoms with Gasteiger partial charge < -0.3 is 4.90 Å². The highest BCUT2D eigenvalue weighted by Gasteiger charge is 2.18. The molecule has 0 amide bonds. The lowest BCUT2D eigenvalue weighted by atomic mass is 9.95. The molecular formula is C20H43N. The van der Waals surface area contributed by atoms with Gasteiger partial charge in [-0.2, -0.15) is 0 Å². The van der Waals surface area contributed by atoms with Crippen molar-refractivity contribution in [3.8, 4) is 0 Å². The van der Waals surface area contributed by atoms with Gasteiger partial charge in [-0.3, -0.25) is 0 Å². The minimum Gasteiger partial charge on any atom is -0.303 e. The maximum atomic E-state index is 2.82. The van der Waals surface area contributed by atoms with Gasteiger partial charge in [-0.05, 0) is 24.2 Å². The van der Waals surface area contributed by atoms with Crippen LogP contribution in [0, 0.1) is 17.8 Å². The van der Waals surface area contributed by atoms with E-state index in [0.29, 0.717) is 0 Å². The molecule has 0 spiro atoms. The first-order valence-corrected chi connectivity index (χ1v) is 9.87. The van der Waals surface area contributed by atoms with Crippen LogP contribution in [0.15, 0.2) is 0 Å². The Labute approximate surface area is 135 Å². The second kappa shape index (κ2) is 13.6. The fourth-order valence-corrected chi connectivity index (χ4v) is 3.33. The van der Waals surface area contributed by atoms with Crippen molar-refractivity contribution in [1.29, 1.82) is 0 Å². The quantitative estimate of drug-likeness (QED) is 0.360. The number of rotatable bonds is 14. The smallest absolute Gasteiger partial charge is 0.000979 e. The first-order chi connectivity index (χ1) is 10.1. The van der Waals surface area contributed by atoms with Gasteiger partial charge in [0.2, 0.25) is 0 Å². The molecule has 0 saturated heterocycles. The van der Waals surface area contributed by atoms with Gasteiger partial charge in [0.05, 0.1) is 0 Å². The van der Waals surface area contributed by atoms with Gasteiger partial charge in [-0.25, -0.2) is 0 Å². The van der Waals surface area contributed by atoms with Gasteiger partial charge in [-0.15, -0.1) is 0 Å². The van der Waals surface area contributed by atoms with E-state index in [1.807, 2.05) is 0 Å². The van der Waals surface area contributed by atoms with Crippen LogP contribution in [0.25, 0.3) is 0 Å². The van der Waals surface area contributed by atoms with Crippen molar-refractivity contribution in [2.24, 2.45) is 17.8 Å². The second-order valence-corrected chi connectivity index (χ2v) is 7.00. The molecule has 0 aliphatic rings.